The van der Waals surface area contributed by atoms with Gasteiger partial charge in [0.05, 0.1) is 6.61 Å². The van der Waals surface area contributed by atoms with E-state index < -0.39 is 16.1 Å². The number of aromatic nitrogens is 2. The van der Waals surface area contributed by atoms with E-state index >= 15 is 0 Å². The van der Waals surface area contributed by atoms with Gasteiger partial charge in [0.2, 0.25) is 10.2 Å². The van der Waals surface area contributed by atoms with Gasteiger partial charge < -0.3 is 10.1 Å². The highest BCUT2D eigenvalue weighted by atomic mass is 32.3. The topological polar surface area (TPSA) is 129 Å². The van der Waals surface area contributed by atoms with Gasteiger partial charge in [0.25, 0.3) is 11.8 Å². The smallest absolute Gasteiger partial charge is 0.278 e. The molecule has 1 amide bonds. The molecule has 0 aliphatic carbocycles. The van der Waals surface area contributed by atoms with Crippen LogP contribution in [0, 0.1) is 12.1 Å². The number of fused-ring (bicyclic) bond motifs is 1. The highest BCUT2D eigenvalue weighted by molar-refractivity contribution is 7.97. The lowest BCUT2D eigenvalue weighted by molar-refractivity contribution is -0.110. The molecule has 2 aromatic heterocycles. The molecular formula is C23H25N6O4S2+. The zero-order valence-corrected chi connectivity index (χ0v) is 20.9. The van der Waals surface area contributed by atoms with Gasteiger partial charge in [-0.1, -0.05) is 21.6 Å². The van der Waals surface area contributed by atoms with Crippen LogP contribution in [0.25, 0.3) is 10.3 Å². The summed E-state index contributed by atoms with van der Waals surface area (Å²) >= 11 is 1.19. The molecule has 0 saturated carbocycles. The average Bonchev–Trinajstić information content (AvgIpc) is 3.49. The second-order valence-corrected chi connectivity index (χ2v) is 10.8. The SMILES string of the molecule is CNCCCOc1c#cc2nc(NC(=O)/C(=N/N3C=CCC3)c3ccc([S+](C)(=O)O)cc3)sc2n1. The Hall–Kier alpha value is -3.37. The summed E-state index contributed by atoms with van der Waals surface area (Å²) in [6.07, 6.45) is 6.67. The predicted octanol–water partition coefficient (Wildman–Crippen LogP) is 2.80. The molecule has 1 atom stereocenters. The van der Waals surface area contributed by atoms with E-state index in [1.54, 1.807) is 23.3 Å². The Morgan fingerprint density at radius 2 is 2.11 bits per heavy atom. The first-order valence-corrected chi connectivity index (χ1v) is 13.6. The van der Waals surface area contributed by atoms with Crippen LogP contribution in [0.2, 0.25) is 0 Å². The summed E-state index contributed by atoms with van der Waals surface area (Å²) in [4.78, 5) is 22.8. The molecule has 0 bridgehead atoms. The largest absolute Gasteiger partial charge is 0.471 e. The zero-order chi connectivity index (χ0) is 24.8. The van der Waals surface area contributed by atoms with E-state index in [0.717, 1.165) is 19.4 Å². The van der Waals surface area contributed by atoms with Crippen LogP contribution in [0.15, 0.2) is 46.5 Å². The summed E-state index contributed by atoms with van der Waals surface area (Å²) in [6.45, 7) is 1.99. The van der Waals surface area contributed by atoms with Crippen molar-refractivity contribution in [3.05, 3.63) is 54.2 Å². The molecule has 4 rings (SSSR count). The van der Waals surface area contributed by atoms with Crippen molar-refractivity contribution < 1.29 is 18.3 Å². The maximum atomic E-state index is 13.2. The van der Waals surface area contributed by atoms with Crippen LogP contribution in [-0.2, 0) is 19.2 Å². The number of nitrogens with zero attached hydrogens (tertiary/aromatic N) is 4. The fourth-order valence-corrected chi connectivity index (χ4v) is 4.61. The van der Waals surface area contributed by atoms with Crippen molar-refractivity contribution in [2.24, 2.45) is 5.10 Å². The second kappa shape index (κ2) is 10.9. The first-order chi connectivity index (χ1) is 16.8. The van der Waals surface area contributed by atoms with Crippen LogP contribution in [-0.4, -0.2) is 64.1 Å². The molecule has 0 saturated heterocycles. The van der Waals surface area contributed by atoms with Gasteiger partial charge >= 0.3 is 0 Å². The first kappa shape index (κ1) is 24.7. The Morgan fingerprint density at radius 3 is 2.80 bits per heavy atom. The van der Waals surface area contributed by atoms with Crippen molar-refractivity contribution in [3.63, 3.8) is 0 Å². The minimum absolute atomic E-state index is 0.153. The van der Waals surface area contributed by atoms with Gasteiger partial charge in [-0.3, -0.25) is 15.1 Å². The molecule has 0 radical (unpaired) electrons. The molecule has 1 aliphatic heterocycles. The van der Waals surface area contributed by atoms with Crippen molar-refractivity contribution in [1.82, 2.24) is 20.3 Å². The quantitative estimate of drug-likeness (QED) is 0.214. The van der Waals surface area contributed by atoms with Crippen molar-refractivity contribution in [2.45, 2.75) is 17.7 Å². The minimum atomic E-state index is -3.11. The summed E-state index contributed by atoms with van der Waals surface area (Å²) in [5.41, 5.74) is 1.13. The van der Waals surface area contributed by atoms with E-state index in [2.05, 4.69) is 37.8 Å². The lowest BCUT2D eigenvalue weighted by Crippen LogP contribution is -2.26. The lowest BCUT2D eigenvalue weighted by Gasteiger charge is -2.12. The van der Waals surface area contributed by atoms with Gasteiger partial charge in [0.15, 0.2) is 26.1 Å². The Labute approximate surface area is 208 Å². The number of carbonyl (C=O) groups excluding carboxylic acids is 1. The molecule has 0 spiro atoms. The molecule has 1 unspecified atom stereocenters. The van der Waals surface area contributed by atoms with E-state index in [1.807, 2.05) is 13.1 Å². The van der Waals surface area contributed by atoms with E-state index in [-0.39, 0.29) is 10.6 Å². The number of hydrogen-bond donors (Lipinski definition) is 3. The summed E-state index contributed by atoms with van der Waals surface area (Å²) in [7, 11) is -1.23. The molecule has 1 aliphatic rings. The van der Waals surface area contributed by atoms with Crippen LogP contribution < -0.4 is 15.4 Å². The Kier molecular flexibility index (Phi) is 7.72. The van der Waals surface area contributed by atoms with Gasteiger partial charge in [-0.05, 0) is 62.8 Å². The minimum Gasteiger partial charge on any atom is -0.471 e. The van der Waals surface area contributed by atoms with E-state index in [9.17, 15) is 13.6 Å². The third kappa shape index (κ3) is 6.40. The standard InChI is InChI=1S/C23H24N6O4S2/c1-24-12-5-15-33-19-11-10-18-22(26-19)34-23(25-18)27-21(30)20(28-29-13-3-4-14-29)16-6-8-17(9-7-16)35(2,31)32/h3,6-9,13,24H,4-5,12,14-15H2,1-2H3,(H-,25,27,30,31,32)/p+1/b28-20+. The van der Waals surface area contributed by atoms with Gasteiger partial charge in [-0.15, -0.1) is 0 Å². The molecule has 35 heavy (non-hydrogen) atoms. The number of carbonyl (C=O) groups is 1. The first-order valence-electron chi connectivity index (χ1n) is 10.9. The third-order valence-electron chi connectivity index (χ3n) is 4.94. The van der Waals surface area contributed by atoms with Gasteiger partial charge in [0, 0.05) is 18.3 Å². The Balaban J connectivity index is 1.54. The molecule has 3 N–H and O–H groups in total. The highest BCUT2D eigenvalue weighted by Crippen LogP contribution is 2.25. The number of benzene rings is 1. The fourth-order valence-electron chi connectivity index (χ4n) is 3.19. The molecule has 3 aromatic rings. The van der Waals surface area contributed by atoms with Gasteiger partial charge in [-0.2, -0.15) is 14.6 Å². The summed E-state index contributed by atoms with van der Waals surface area (Å²) in [6, 6.07) is 12.0. The number of hydrogen-bond acceptors (Lipinski definition) is 9. The predicted molar refractivity (Wildman–Crippen MR) is 136 cm³/mol. The number of ether oxygens (including phenoxy) is 1. The monoisotopic (exact) mass is 513 g/mol. The van der Waals surface area contributed by atoms with Crippen molar-refractivity contribution in [1.29, 1.82) is 0 Å². The normalized spacial score (nSPS) is 15.2. The van der Waals surface area contributed by atoms with Crippen LogP contribution in [0.1, 0.15) is 18.4 Å². The van der Waals surface area contributed by atoms with E-state index in [0.29, 0.717) is 40.1 Å². The van der Waals surface area contributed by atoms with Gasteiger partial charge in [-0.25, -0.2) is 4.98 Å². The maximum Gasteiger partial charge on any atom is 0.278 e. The van der Waals surface area contributed by atoms with Crippen molar-refractivity contribution in [2.75, 3.05) is 38.3 Å². The number of amides is 1. The fraction of sp³-hybridized carbons (Fsp3) is 0.304. The van der Waals surface area contributed by atoms with Crippen LogP contribution in [0.5, 0.6) is 5.88 Å². The summed E-state index contributed by atoms with van der Waals surface area (Å²) < 4.78 is 27.3. The van der Waals surface area contributed by atoms with Gasteiger partial charge in [0.1, 0.15) is 6.26 Å². The average molecular weight is 514 g/mol. The zero-order valence-electron chi connectivity index (χ0n) is 19.3. The molecule has 0 fully saturated rings. The third-order valence-corrected chi connectivity index (χ3v) is 6.95. The van der Waals surface area contributed by atoms with Crippen molar-refractivity contribution in [3.8, 4) is 5.88 Å². The lowest BCUT2D eigenvalue weighted by atomic mass is 10.1. The van der Waals surface area contributed by atoms with Crippen LogP contribution in [0.3, 0.4) is 0 Å². The Bertz CT molecular complexity index is 1300. The van der Waals surface area contributed by atoms with E-state index in [4.69, 9.17) is 4.74 Å². The number of anilines is 1. The molecule has 10 nitrogen and oxygen atoms in total. The molecule has 3 heterocycles. The van der Waals surface area contributed by atoms with Crippen LogP contribution in [0.4, 0.5) is 5.13 Å². The maximum absolute atomic E-state index is 13.2. The number of thiazole rings is 1. The molecule has 182 valence electrons. The van der Waals surface area contributed by atoms with E-state index in [1.165, 1.54) is 29.7 Å². The Morgan fingerprint density at radius 1 is 1.31 bits per heavy atom. The number of hydrazone groups is 1. The number of rotatable bonds is 10. The highest BCUT2D eigenvalue weighted by Gasteiger charge is 2.23. The number of nitrogens with one attached hydrogen (secondary N) is 2. The summed E-state index contributed by atoms with van der Waals surface area (Å²) in [5, 5.41) is 12.3. The second-order valence-electron chi connectivity index (χ2n) is 7.71. The molecule has 1 aromatic carbocycles. The molecule has 12 heteroatoms. The molecular weight excluding hydrogens is 488 g/mol. The summed E-state index contributed by atoms with van der Waals surface area (Å²) in [5.74, 6) is -0.138. The van der Waals surface area contributed by atoms with Crippen molar-refractivity contribution >= 4 is 48.6 Å². The van der Waals surface area contributed by atoms with Crippen LogP contribution >= 0.6 is 11.3 Å².